The molecule has 1 N–H and O–H groups in total. The topological polar surface area (TPSA) is 30.9 Å². The number of allylic oxidation sites excluding steroid dienone is 1. The lowest BCUT2D eigenvalue weighted by atomic mass is 10.2. The maximum absolute atomic E-state index is 4.44. The van der Waals surface area contributed by atoms with Gasteiger partial charge in [-0.15, -0.1) is 17.9 Å². The summed E-state index contributed by atoms with van der Waals surface area (Å²) < 4.78 is 0. The summed E-state index contributed by atoms with van der Waals surface area (Å²) in [5.74, 6) is 0.981. The van der Waals surface area contributed by atoms with Crippen LogP contribution in [0.3, 0.4) is 0 Å². The minimum absolute atomic E-state index is 0.454. The van der Waals surface area contributed by atoms with Crippen LogP contribution in [0, 0.1) is 0 Å². The molecule has 4 nitrogen and oxygen atoms in total. The number of nitrogens with zero attached hydrogens (tertiary/aromatic N) is 3. The molecule has 2 heterocycles. The van der Waals surface area contributed by atoms with Gasteiger partial charge >= 0.3 is 0 Å². The molecular formula is C18H30N4S. The SMILES string of the molecule is C=CCCCN(C)C(=NC)NCC(c1cccs1)N1CCCC1. The molecule has 1 aromatic rings. The first-order valence-corrected chi connectivity index (χ1v) is 9.44. The first-order chi connectivity index (χ1) is 11.3. The predicted octanol–water partition coefficient (Wildman–Crippen LogP) is 3.36. The Bertz CT molecular complexity index is 477. The van der Waals surface area contributed by atoms with Crippen molar-refractivity contribution < 1.29 is 0 Å². The third-order valence-corrected chi connectivity index (χ3v) is 5.36. The van der Waals surface area contributed by atoms with E-state index in [2.05, 4.69) is 51.2 Å². The fourth-order valence-corrected chi connectivity index (χ4v) is 3.96. The molecule has 0 bridgehead atoms. The summed E-state index contributed by atoms with van der Waals surface area (Å²) in [6.07, 6.45) is 6.77. The molecule has 5 heteroatoms. The zero-order valence-corrected chi connectivity index (χ0v) is 15.3. The highest BCUT2D eigenvalue weighted by atomic mass is 32.1. The van der Waals surface area contributed by atoms with E-state index < -0.39 is 0 Å². The van der Waals surface area contributed by atoms with Crippen LogP contribution in [0.15, 0.2) is 35.2 Å². The van der Waals surface area contributed by atoms with E-state index in [-0.39, 0.29) is 0 Å². The van der Waals surface area contributed by atoms with E-state index in [4.69, 9.17) is 0 Å². The Kier molecular flexibility index (Phi) is 7.62. The highest BCUT2D eigenvalue weighted by Gasteiger charge is 2.24. The van der Waals surface area contributed by atoms with E-state index >= 15 is 0 Å². The molecular weight excluding hydrogens is 304 g/mol. The summed E-state index contributed by atoms with van der Waals surface area (Å²) in [4.78, 5) is 10.7. The maximum Gasteiger partial charge on any atom is 0.193 e. The first-order valence-electron chi connectivity index (χ1n) is 8.56. The fraction of sp³-hybridized carbons (Fsp3) is 0.611. The largest absolute Gasteiger partial charge is 0.354 e. The Hall–Kier alpha value is -1.33. The van der Waals surface area contributed by atoms with Crippen molar-refractivity contribution in [2.45, 2.75) is 31.7 Å². The molecule has 0 aliphatic carbocycles. The number of likely N-dealkylation sites (tertiary alicyclic amines) is 1. The van der Waals surface area contributed by atoms with Gasteiger partial charge in [-0.05, 0) is 50.2 Å². The lowest BCUT2D eigenvalue weighted by molar-refractivity contribution is 0.247. The van der Waals surface area contributed by atoms with E-state index in [0.29, 0.717) is 6.04 Å². The number of aliphatic imine (C=N–C) groups is 1. The Morgan fingerprint density at radius 1 is 1.52 bits per heavy atom. The molecule has 23 heavy (non-hydrogen) atoms. The molecule has 0 spiro atoms. The van der Waals surface area contributed by atoms with E-state index in [1.54, 1.807) is 0 Å². The van der Waals surface area contributed by atoms with Crippen LogP contribution in [0.25, 0.3) is 0 Å². The van der Waals surface area contributed by atoms with E-state index in [1.165, 1.54) is 30.8 Å². The van der Waals surface area contributed by atoms with Gasteiger partial charge in [0.05, 0.1) is 6.04 Å². The minimum atomic E-state index is 0.454. The van der Waals surface area contributed by atoms with Gasteiger partial charge in [0, 0.05) is 32.1 Å². The molecule has 0 amide bonds. The molecule has 1 saturated heterocycles. The van der Waals surface area contributed by atoms with Gasteiger partial charge in [0.25, 0.3) is 0 Å². The van der Waals surface area contributed by atoms with Gasteiger partial charge in [0.2, 0.25) is 0 Å². The number of unbranched alkanes of at least 4 members (excludes halogenated alkanes) is 1. The van der Waals surface area contributed by atoms with Gasteiger partial charge in [-0.3, -0.25) is 9.89 Å². The molecule has 0 aromatic carbocycles. The predicted molar refractivity (Wildman–Crippen MR) is 101 cm³/mol. The van der Waals surface area contributed by atoms with Crippen LogP contribution in [0.2, 0.25) is 0 Å². The first kappa shape index (κ1) is 18.0. The van der Waals surface area contributed by atoms with Gasteiger partial charge in [-0.2, -0.15) is 0 Å². The highest BCUT2D eigenvalue weighted by molar-refractivity contribution is 7.10. The number of nitrogens with one attached hydrogen (secondary N) is 1. The van der Waals surface area contributed by atoms with Crippen LogP contribution in [-0.2, 0) is 0 Å². The van der Waals surface area contributed by atoms with Crippen LogP contribution < -0.4 is 5.32 Å². The summed E-state index contributed by atoms with van der Waals surface area (Å²) in [6, 6.07) is 4.86. The van der Waals surface area contributed by atoms with Crippen molar-refractivity contribution in [3.8, 4) is 0 Å². The van der Waals surface area contributed by atoms with Crippen LogP contribution in [-0.4, -0.2) is 56.0 Å². The molecule has 1 aliphatic rings. The second kappa shape index (κ2) is 9.73. The van der Waals surface area contributed by atoms with Crippen molar-refractivity contribution in [1.29, 1.82) is 0 Å². The maximum atomic E-state index is 4.44. The second-order valence-electron chi connectivity index (χ2n) is 6.05. The minimum Gasteiger partial charge on any atom is -0.354 e. The van der Waals surface area contributed by atoms with Crippen LogP contribution >= 0.6 is 11.3 Å². The van der Waals surface area contributed by atoms with Crippen LogP contribution in [0.4, 0.5) is 0 Å². The normalized spacial score (nSPS) is 17.2. The summed E-state index contributed by atoms with van der Waals surface area (Å²) >= 11 is 1.86. The quantitative estimate of drug-likeness (QED) is 0.342. The lowest BCUT2D eigenvalue weighted by Crippen LogP contribution is -2.43. The van der Waals surface area contributed by atoms with E-state index in [1.807, 2.05) is 24.5 Å². The number of rotatable bonds is 8. The average Bonchev–Trinajstić information content (AvgIpc) is 3.25. The summed E-state index contributed by atoms with van der Waals surface area (Å²) in [7, 11) is 3.97. The molecule has 0 radical (unpaired) electrons. The van der Waals surface area contributed by atoms with Crippen molar-refractivity contribution in [3.05, 3.63) is 35.0 Å². The summed E-state index contributed by atoms with van der Waals surface area (Å²) in [5.41, 5.74) is 0. The number of hydrogen-bond donors (Lipinski definition) is 1. The zero-order chi connectivity index (χ0) is 16.5. The van der Waals surface area contributed by atoms with E-state index in [0.717, 1.165) is 31.9 Å². The van der Waals surface area contributed by atoms with Gasteiger partial charge in [0.15, 0.2) is 5.96 Å². The Morgan fingerprint density at radius 2 is 2.30 bits per heavy atom. The fourth-order valence-electron chi connectivity index (χ4n) is 3.10. The molecule has 1 atom stereocenters. The monoisotopic (exact) mass is 334 g/mol. The standard InChI is InChI=1S/C18H30N4S/c1-4-5-6-11-21(3)18(19-2)20-15-16(17-10-9-14-23-17)22-12-7-8-13-22/h4,9-10,14,16H,1,5-8,11-13,15H2,2-3H3,(H,19,20). The van der Waals surface area contributed by atoms with Crippen molar-refractivity contribution in [1.82, 2.24) is 15.1 Å². The third kappa shape index (κ3) is 5.36. The average molecular weight is 335 g/mol. The molecule has 1 unspecified atom stereocenters. The smallest absolute Gasteiger partial charge is 0.193 e. The zero-order valence-electron chi connectivity index (χ0n) is 14.5. The van der Waals surface area contributed by atoms with Gasteiger partial charge in [-0.25, -0.2) is 0 Å². The molecule has 1 aromatic heterocycles. The second-order valence-corrected chi connectivity index (χ2v) is 7.03. The summed E-state index contributed by atoms with van der Waals surface area (Å²) in [6.45, 7) is 8.11. The number of thiophene rings is 1. The van der Waals surface area contributed by atoms with Gasteiger partial charge < -0.3 is 10.2 Å². The Morgan fingerprint density at radius 3 is 2.91 bits per heavy atom. The molecule has 1 fully saturated rings. The molecule has 1 aliphatic heterocycles. The van der Waals surface area contributed by atoms with Gasteiger partial charge in [0.1, 0.15) is 0 Å². The third-order valence-electron chi connectivity index (χ3n) is 4.38. The van der Waals surface area contributed by atoms with Crippen LogP contribution in [0.1, 0.15) is 36.6 Å². The van der Waals surface area contributed by atoms with Crippen LogP contribution in [0.5, 0.6) is 0 Å². The Balaban J connectivity index is 1.92. The lowest BCUT2D eigenvalue weighted by Gasteiger charge is -2.29. The number of hydrogen-bond acceptors (Lipinski definition) is 3. The molecule has 2 rings (SSSR count). The van der Waals surface area contributed by atoms with Crippen molar-refractivity contribution in [3.63, 3.8) is 0 Å². The number of guanidine groups is 1. The highest BCUT2D eigenvalue weighted by Crippen LogP contribution is 2.27. The van der Waals surface area contributed by atoms with Crippen molar-refractivity contribution >= 4 is 17.3 Å². The molecule has 0 saturated carbocycles. The summed E-state index contributed by atoms with van der Waals surface area (Å²) in [5, 5.41) is 5.75. The van der Waals surface area contributed by atoms with Crippen molar-refractivity contribution in [2.75, 3.05) is 40.3 Å². The van der Waals surface area contributed by atoms with Crippen molar-refractivity contribution in [2.24, 2.45) is 4.99 Å². The van der Waals surface area contributed by atoms with E-state index in [9.17, 15) is 0 Å². The van der Waals surface area contributed by atoms with Gasteiger partial charge in [-0.1, -0.05) is 12.1 Å². The molecule has 128 valence electrons. The Labute approximate surface area is 144 Å².